The average Bonchev–Trinajstić information content (AvgIpc) is 4.05. The second-order valence-electron chi connectivity index (χ2n) is 17.0. The normalized spacial score (nSPS) is 11.8. The molecule has 0 bridgehead atoms. The Bertz CT molecular complexity index is 4190. The van der Waals surface area contributed by atoms with Crippen LogP contribution in [-0.4, -0.2) is 68.3 Å². The highest BCUT2D eigenvalue weighted by molar-refractivity contribution is 6.68. The van der Waals surface area contributed by atoms with Crippen LogP contribution < -0.4 is 27.3 Å². The Morgan fingerprint density at radius 3 is 1.65 bits per heavy atom. The summed E-state index contributed by atoms with van der Waals surface area (Å²) in [5.41, 5.74) is 12.3. The van der Waals surface area contributed by atoms with E-state index in [4.69, 9.17) is 58.6 Å². The van der Waals surface area contributed by atoms with Gasteiger partial charge in [-0.25, -0.2) is 15.0 Å². The van der Waals surface area contributed by atoms with Gasteiger partial charge in [0.15, 0.2) is 23.1 Å². The van der Waals surface area contributed by atoms with Crippen LogP contribution in [0.1, 0.15) is 0 Å². The molecule has 0 saturated carbocycles. The topological polar surface area (TPSA) is 74.6 Å². The first kappa shape index (κ1) is 40.0. The van der Waals surface area contributed by atoms with E-state index in [1.54, 1.807) is 6.20 Å². The van der Waals surface area contributed by atoms with E-state index in [1.165, 1.54) is 5.39 Å². The molecule has 8 aromatic carbocycles. The molecule has 0 spiro atoms. The minimum absolute atomic E-state index is 0.168. The number of hydrogen-bond acceptors (Lipinski definition) is 5. The van der Waals surface area contributed by atoms with E-state index in [9.17, 15) is 0 Å². The Kier molecular flexibility index (Phi) is 9.03. The molecule has 0 saturated heterocycles. The monoisotopic (exact) mass is 856 g/mol. The van der Waals surface area contributed by atoms with Crippen molar-refractivity contribution in [3.63, 3.8) is 0 Å². The quantitative estimate of drug-likeness (QED) is 0.159. The van der Waals surface area contributed by atoms with Gasteiger partial charge in [-0.05, 0) is 65.7 Å². The predicted molar refractivity (Wildman–Crippen MR) is 282 cm³/mol. The summed E-state index contributed by atoms with van der Waals surface area (Å²) >= 11 is 0. The van der Waals surface area contributed by atoms with E-state index in [1.807, 2.05) is 71.4 Å². The van der Waals surface area contributed by atoms with Gasteiger partial charge in [-0.15, -0.1) is 16.4 Å². The lowest BCUT2D eigenvalue weighted by Gasteiger charge is -2.23. The Hall–Kier alpha value is -8.36. The summed E-state index contributed by atoms with van der Waals surface area (Å²) in [5, 5.41) is 6.02. The third-order valence-electron chi connectivity index (χ3n) is 13.1. The molecule has 13 aromatic rings. The summed E-state index contributed by atoms with van der Waals surface area (Å²) in [5.74, 6) is 1.55. The second-order valence-corrected chi connectivity index (χ2v) is 17.0. The summed E-state index contributed by atoms with van der Waals surface area (Å²) in [6.45, 7) is 0. The maximum Gasteiger partial charge on any atom is 0.166 e. The molecule has 5 aromatic heterocycles. The summed E-state index contributed by atoms with van der Waals surface area (Å²) in [6, 6.07) is 55.9. The third kappa shape index (κ3) is 6.06. The number of fused-ring (bicyclic) bond motifs is 9. The van der Waals surface area contributed by atoms with E-state index in [0.717, 1.165) is 82.5 Å². The lowest BCUT2D eigenvalue weighted by atomic mass is 9.61. The Balaban J connectivity index is 0.987. The number of aromatic nitrogens is 6. The van der Waals surface area contributed by atoms with E-state index in [2.05, 4.69) is 113 Å². The molecule has 304 valence electrons. The van der Waals surface area contributed by atoms with Crippen LogP contribution in [0.3, 0.4) is 0 Å². The van der Waals surface area contributed by atoms with Crippen molar-refractivity contribution < 1.29 is 4.42 Å². The van der Waals surface area contributed by atoms with Gasteiger partial charge in [0.25, 0.3) is 0 Å². The molecule has 0 aliphatic carbocycles. The van der Waals surface area contributed by atoms with E-state index in [-0.39, 0.29) is 27.3 Å². The van der Waals surface area contributed by atoms with E-state index < -0.39 is 0 Å². The van der Waals surface area contributed by atoms with Gasteiger partial charge >= 0.3 is 0 Å². The highest BCUT2D eigenvalue weighted by Gasteiger charge is 2.22. The van der Waals surface area contributed by atoms with Crippen molar-refractivity contribution in [1.29, 1.82) is 0 Å². The van der Waals surface area contributed by atoms with Gasteiger partial charge in [-0.1, -0.05) is 120 Å². The Morgan fingerprint density at radius 1 is 0.368 bits per heavy atom. The number of pyridine rings is 1. The van der Waals surface area contributed by atoms with Gasteiger partial charge < -0.3 is 13.6 Å². The number of furan rings is 1. The number of para-hydroxylation sites is 3. The fourth-order valence-corrected chi connectivity index (χ4v) is 9.85. The van der Waals surface area contributed by atoms with Crippen molar-refractivity contribution in [2.24, 2.45) is 0 Å². The minimum atomic E-state index is 0.168. The van der Waals surface area contributed by atoms with Crippen LogP contribution in [0.25, 0.3) is 122 Å². The Morgan fingerprint density at radius 2 is 0.912 bits per heavy atom. The number of nitrogens with zero attached hydrogens (tertiary/aromatic N) is 6. The van der Waals surface area contributed by atoms with Gasteiger partial charge in [0.2, 0.25) is 0 Å². The highest BCUT2D eigenvalue weighted by atomic mass is 16.3. The smallest absolute Gasteiger partial charge is 0.166 e. The first-order chi connectivity index (χ1) is 33.3. The van der Waals surface area contributed by atoms with Crippen molar-refractivity contribution in [1.82, 2.24) is 29.1 Å². The number of hydrogen-bond donors (Lipinski definition) is 0. The molecule has 13 rings (SSSR count). The first-order valence-corrected chi connectivity index (χ1v) is 22.1. The Labute approximate surface area is 396 Å². The molecule has 0 amide bonds. The first-order valence-electron chi connectivity index (χ1n) is 22.1. The SMILES string of the molecule is [B]c1c([B])c([B])c(-n2c3ccccc3c3cc(-c4ccc5oc6cncc(-c7nc(-c8ccccc8)nc(-c8ccc9c%10ccccc%10n(-c%10ccccc%10)c9c8)n7)c6c5c4)ccc32)c([B])c1[B]. The molecule has 5 heterocycles. The molecule has 68 heavy (non-hydrogen) atoms. The van der Waals surface area contributed by atoms with Crippen molar-refractivity contribution in [2.75, 3.05) is 0 Å². The molecule has 0 aliphatic rings. The number of benzene rings is 8. The highest BCUT2D eigenvalue weighted by Crippen LogP contribution is 2.40. The van der Waals surface area contributed by atoms with Gasteiger partial charge in [0, 0.05) is 66.6 Å². The summed E-state index contributed by atoms with van der Waals surface area (Å²) in [6.07, 6.45) is 3.55. The van der Waals surface area contributed by atoms with Crippen LogP contribution in [0.2, 0.25) is 0 Å². The standard InChI is InChI=1S/C56H29B5N6O/c57-48-49(58)51(60)53(52(61)50(48)59)67-42-18-10-8-16-36(42)38-25-31(20-23-43(38)67)32-21-24-45-39(26-32)47-40(28-62-29-46(47)68-45)56-64-54(30-11-3-1-4-12-30)63-55(65-56)33-19-22-37-35-15-7-9-17-41(35)66(44(37)27-33)34-13-5-2-6-14-34/h1-29H. The molecule has 12 heteroatoms. The number of rotatable bonds is 6. The largest absolute Gasteiger partial charge is 0.454 e. The zero-order valence-corrected chi connectivity index (χ0v) is 36.2. The zero-order chi connectivity index (χ0) is 45.8. The molecule has 0 atom stereocenters. The summed E-state index contributed by atoms with van der Waals surface area (Å²) in [4.78, 5) is 20.2. The molecule has 0 aliphatic heterocycles. The minimum Gasteiger partial charge on any atom is -0.454 e. The maximum absolute atomic E-state index is 6.64. The fourth-order valence-electron chi connectivity index (χ4n) is 9.85. The lowest BCUT2D eigenvalue weighted by molar-refractivity contribution is 0.667. The maximum atomic E-state index is 6.64. The fraction of sp³-hybridized carbons (Fsp3) is 0. The molecule has 0 fully saturated rings. The van der Waals surface area contributed by atoms with E-state index >= 15 is 0 Å². The average molecular weight is 856 g/mol. The molecule has 7 nitrogen and oxygen atoms in total. The van der Waals surface area contributed by atoms with Crippen LogP contribution in [0.5, 0.6) is 0 Å². The predicted octanol–water partition coefficient (Wildman–Crippen LogP) is 8.00. The van der Waals surface area contributed by atoms with Crippen LogP contribution >= 0.6 is 0 Å². The van der Waals surface area contributed by atoms with Gasteiger partial charge in [0.1, 0.15) is 44.8 Å². The van der Waals surface area contributed by atoms with Crippen LogP contribution in [0.15, 0.2) is 181 Å². The van der Waals surface area contributed by atoms with Crippen molar-refractivity contribution >= 4 is 132 Å². The van der Waals surface area contributed by atoms with Crippen LogP contribution in [-0.2, 0) is 0 Å². The summed E-state index contributed by atoms with van der Waals surface area (Å²) < 4.78 is 10.8. The van der Waals surface area contributed by atoms with Crippen molar-refractivity contribution in [2.45, 2.75) is 0 Å². The lowest BCUT2D eigenvalue weighted by Crippen LogP contribution is -2.56. The second kappa shape index (κ2) is 15.4. The van der Waals surface area contributed by atoms with Crippen molar-refractivity contribution in [3.05, 3.63) is 176 Å². The van der Waals surface area contributed by atoms with Crippen LogP contribution in [0, 0.1) is 0 Å². The molecule has 0 unspecified atom stereocenters. The van der Waals surface area contributed by atoms with E-state index in [0.29, 0.717) is 34.3 Å². The molecule has 10 radical (unpaired) electrons. The molecule has 0 N–H and O–H groups in total. The molecular weight excluding hydrogens is 827 g/mol. The van der Waals surface area contributed by atoms with Crippen LogP contribution in [0.4, 0.5) is 0 Å². The summed E-state index contributed by atoms with van der Waals surface area (Å²) in [7, 11) is 32.2. The van der Waals surface area contributed by atoms with Gasteiger partial charge in [-0.2, -0.15) is 0 Å². The van der Waals surface area contributed by atoms with Crippen molar-refractivity contribution in [3.8, 4) is 56.7 Å². The third-order valence-corrected chi connectivity index (χ3v) is 13.1. The molecular formula is C56H29B5N6O. The van der Waals surface area contributed by atoms with Gasteiger partial charge in [-0.3, -0.25) is 4.98 Å². The van der Waals surface area contributed by atoms with Gasteiger partial charge in [0.05, 0.1) is 28.3 Å². The zero-order valence-electron chi connectivity index (χ0n) is 36.2.